The summed E-state index contributed by atoms with van der Waals surface area (Å²) in [7, 11) is 0. The van der Waals surface area contributed by atoms with Gasteiger partial charge in [0.15, 0.2) is 5.82 Å². The number of ether oxygens (including phenoxy) is 2. The Hall–Kier alpha value is -3.34. The fourth-order valence-corrected chi connectivity index (χ4v) is 2.37. The van der Waals surface area contributed by atoms with Crippen molar-refractivity contribution in [2.24, 2.45) is 0 Å². The van der Waals surface area contributed by atoms with Gasteiger partial charge in [-0.1, -0.05) is 36.9 Å². The molecule has 0 aliphatic carbocycles. The molecule has 0 spiro atoms. The first-order chi connectivity index (χ1) is 12.7. The Kier molecular flexibility index (Phi) is 5.49. The van der Waals surface area contributed by atoms with E-state index in [4.69, 9.17) is 9.47 Å². The number of rotatable bonds is 7. The molecular weight excluding hydrogens is 326 g/mol. The highest BCUT2D eigenvalue weighted by molar-refractivity contribution is 5.69. The topological polar surface area (TPSA) is 48.7 Å². The van der Waals surface area contributed by atoms with Crippen molar-refractivity contribution in [3.63, 3.8) is 0 Å². The lowest BCUT2D eigenvalue weighted by Crippen LogP contribution is -2.02. The van der Waals surface area contributed by atoms with Crippen molar-refractivity contribution < 1.29 is 9.47 Å². The standard InChI is InChI=1S/C21H21N3O2/c1-4-25-17(3)11-8-10-16(2)20-22-21(19-14-9-15-24(19)23-20)26-18-12-6-5-7-13-18/h5-15H,2,4H2,1,3H3/b10-8-,17-11+. The van der Waals surface area contributed by atoms with Gasteiger partial charge in [-0.25, -0.2) is 4.52 Å². The second kappa shape index (κ2) is 8.16. The van der Waals surface area contributed by atoms with Crippen molar-refractivity contribution in [1.29, 1.82) is 0 Å². The SMILES string of the molecule is C=C(/C=C\C=C(/C)OCC)c1nc(Oc2ccccc2)c2cccn2n1. The molecule has 3 rings (SSSR count). The summed E-state index contributed by atoms with van der Waals surface area (Å²) in [4.78, 5) is 4.55. The van der Waals surface area contributed by atoms with E-state index in [1.165, 1.54) is 0 Å². The smallest absolute Gasteiger partial charge is 0.247 e. The maximum atomic E-state index is 5.95. The van der Waals surface area contributed by atoms with Crippen molar-refractivity contribution in [2.45, 2.75) is 13.8 Å². The normalized spacial score (nSPS) is 11.8. The maximum Gasteiger partial charge on any atom is 0.247 e. The zero-order valence-corrected chi connectivity index (χ0v) is 14.9. The van der Waals surface area contributed by atoms with Crippen LogP contribution in [0.2, 0.25) is 0 Å². The van der Waals surface area contributed by atoms with Crippen LogP contribution in [0.5, 0.6) is 11.6 Å². The lowest BCUT2D eigenvalue weighted by Gasteiger charge is -2.08. The Morgan fingerprint density at radius 2 is 2.00 bits per heavy atom. The average Bonchev–Trinajstić information content (AvgIpc) is 3.11. The number of allylic oxidation sites excluding steroid dienone is 5. The van der Waals surface area contributed by atoms with Crippen LogP contribution in [-0.2, 0) is 4.74 Å². The molecule has 2 aromatic heterocycles. The molecule has 0 bridgehead atoms. The highest BCUT2D eigenvalue weighted by Crippen LogP contribution is 2.25. The summed E-state index contributed by atoms with van der Waals surface area (Å²) < 4.78 is 13.1. The highest BCUT2D eigenvalue weighted by Gasteiger charge is 2.11. The van der Waals surface area contributed by atoms with E-state index in [0.29, 0.717) is 23.9 Å². The van der Waals surface area contributed by atoms with Gasteiger partial charge in [0, 0.05) is 11.8 Å². The molecule has 3 aromatic rings. The zero-order valence-electron chi connectivity index (χ0n) is 14.9. The van der Waals surface area contributed by atoms with Crippen LogP contribution in [0.4, 0.5) is 0 Å². The van der Waals surface area contributed by atoms with Gasteiger partial charge in [0.1, 0.15) is 11.3 Å². The van der Waals surface area contributed by atoms with Crippen LogP contribution in [-0.4, -0.2) is 21.2 Å². The Morgan fingerprint density at radius 3 is 2.77 bits per heavy atom. The lowest BCUT2D eigenvalue weighted by atomic mass is 10.2. The van der Waals surface area contributed by atoms with Gasteiger partial charge in [0.2, 0.25) is 5.88 Å². The van der Waals surface area contributed by atoms with Gasteiger partial charge in [0.25, 0.3) is 0 Å². The Balaban J connectivity index is 1.88. The van der Waals surface area contributed by atoms with Gasteiger partial charge in [-0.05, 0) is 44.2 Å². The molecule has 0 N–H and O–H groups in total. The van der Waals surface area contributed by atoms with Crippen molar-refractivity contribution in [2.75, 3.05) is 6.61 Å². The lowest BCUT2D eigenvalue weighted by molar-refractivity contribution is 0.231. The maximum absolute atomic E-state index is 5.95. The number of para-hydroxylation sites is 1. The number of nitrogens with zero attached hydrogens (tertiary/aromatic N) is 3. The first-order valence-electron chi connectivity index (χ1n) is 8.42. The third-order valence-corrected chi connectivity index (χ3v) is 3.60. The fraction of sp³-hybridized carbons (Fsp3) is 0.143. The molecule has 132 valence electrons. The van der Waals surface area contributed by atoms with Crippen molar-refractivity contribution in [3.8, 4) is 11.6 Å². The van der Waals surface area contributed by atoms with Gasteiger partial charge in [-0.2, -0.15) is 4.98 Å². The second-order valence-corrected chi connectivity index (χ2v) is 5.59. The first kappa shape index (κ1) is 17.5. The highest BCUT2D eigenvalue weighted by atomic mass is 16.5. The van der Waals surface area contributed by atoms with Crippen LogP contribution in [0.3, 0.4) is 0 Å². The fourth-order valence-electron chi connectivity index (χ4n) is 2.37. The molecular formula is C21H21N3O2. The Labute approximate surface area is 152 Å². The van der Waals surface area contributed by atoms with E-state index >= 15 is 0 Å². The van der Waals surface area contributed by atoms with E-state index in [0.717, 1.165) is 17.0 Å². The minimum atomic E-state index is 0.488. The van der Waals surface area contributed by atoms with Gasteiger partial charge < -0.3 is 9.47 Å². The van der Waals surface area contributed by atoms with E-state index < -0.39 is 0 Å². The number of hydrogen-bond donors (Lipinski definition) is 0. The number of aromatic nitrogens is 3. The summed E-state index contributed by atoms with van der Waals surface area (Å²) in [5.41, 5.74) is 1.47. The van der Waals surface area contributed by atoms with Crippen LogP contribution in [0.25, 0.3) is 11.1 Å². The summed E-state index contributed by atoms with van der Waals surface area (Å²) in [6, 6.07) is 13.4. The van der Waals surface area contributed by atoms with Crippen molar-refractivity contribution in [1.82, 2.24) is 14.6 Å². The van der Waals surface area contributed by atoms with Crippen molar-refractivity contribution >= 4 is 11.1 Å². The largest absolute Gasteiger partial charge is 0.499 e. The molecule has 0 saturated carbocycles. The van der Waals surface area contributed by atoms with E-state index in [1.807, 2.05) is 80.7 Å². The molecule has 0 fully saturated rings. The van der Waals surface area contributed by atoms with E-state index in [1.54, 1.807) is 4.52 Å². The quantitative estimate of drug-likeness (QED) is 0.444. The Bertz CT molecular complexity index is 956. The van der Waals surface area contributed by atoms with Gasteiger partial charge >= 0.3 is 0 Å². The molecule has 0 radical (unpaired) electrons. The van der Waals surface area contributed by atoms with Gasteiger partial charge in [-0.3, -0.25) is 0 Å². The monoisotopic (exact) mass is 347 g/mol. The molecule has 0 aliphatic heterocycles. The molecule has 5 nitrogen and oxygen atoms in total. The van der Waals surface area contributed by atoms with Gasteiger partial charge in [-0.15, -0.1) is 5.10 Å². The summed E-state index contributed by atoms with van der Waals surface area (Å²) in [5, 5.41) is 4.49. The number of hydrogen-bond acceptors (Lipinski definition) is 4. The molecule has 0 saturated heterocycles. The second-order valence-electron chi connectivity index (χ2n) is 5.59. The summed E-state index contributed by atoms with van der Waals surface area (Å²) in [5.74, 6) is 2.54. The zero-order chi connectivity index (χ0) is 18.4. The molecule has 1 aromatic carbocycles. The summed E-state index contributed by atoms with van der Waals surface area (Å²) in [6.07, 6.45) is 7.45. The van der Waals surface area contributed by atoms with Crippen LogP contribution in [0.15, 0.2) is 79.2 Å². The molecule has 0 amide bonds. The first-order valence-corrected chi connectivity index (χ1v) is 8.42. The molecule has 0 atom stereocenters. The van der Waals surface area contributed by atoms with E-state index in [-0.39, 0.29) is 0 Å². The predicted octanol–water partition coefficient (Wildman–Crippen LogP) is 5.03. The minimum Gasteiger partial charge on any atom is -0.499 e. The predicted molar refractivity (Wildman–Crippen MR) is 103 cm³/mol. The van der Waals surface area contributed by atoms with Crippen LogP contribution in [0, 0.1) is 0 Å². The van der Waals surface area contributed by atoms with Crippen molar-refractivity contribution in [3.05, 3.63) is 85.1 Å². The van der Waals surface area contributed by atoms with Crippen LogP contribution >= 0.6 is 0 Å². The third kappa shape index (κ3) is 4.19. The molecule has 0 unspecified atom stereocenters. The Morgan fingerprint density at radius 1 is 1.19 bits per heavy atom. The van der Waals surface area contributed by atoms with E-state index in [9.17, 15) is 0 Å². The molecule has 26 heavy (non-hydrogen) atoms. The summed E-state index contributed by atoms with van der Waals surface area (Å²) in [6.45, 7) is 8.56. The van der Waals surface area contributed by atoms with E-state index in [2.05, 4.69) is 16.7 Å². The molecule has 2 heterocycles. The van der Waals surface area contributed by atoms with Crippen LogP contribution < -0.4 is 4.74 Å². The third-order valence-electron chi connectivity index (χ3n) is 3.60. The molecule has 0 aliphatic rings. The average molecular weight is 347 g/mol. The summed E-state index contributed by atoms with van der Waals surface area (Å²) >= 11 is 0. The minimum absolute atomic E-state index is 0.488. The van der Waals surface area contributed by atoms with Crippen LogP contribution in [0.1, 0.15) is 19.7 Å². The number of fused-ring (bicyclic) bond motifs is 1. The number of benzene rings is 1. The molecule has 5 heteroatoms. The van der Waals surface area contributed by atoms with Gasteiger partial charge in [0.05, 0.1) is 12.4 Å².